The summed E-state index contributed by atoms with van der Waals surface area (Å²) in [7, 11) is 3.12. The molecule has 2 N–H and O–H groups in total. The van der Waals surface area contributed by atoms with Crippen LogP contribution in [0.3, 0.4) is 0 Å². The van der Waals surface area contributed by atoms with Crippen LogP contribution in [0.15, 0.2) is 48.5 Å². The molecule has 0 aliphatic carbocycles. The molecule has 4 heteroatoms. The van der Waals surface area contributed by atoms with Gasteiger partial charge < -0.3 is 19.7 Å². The Labute approximate surface area is 124 Å². The summed E-state index contributed by atoms with van der Waals surface area (Å²) >= 11 is 0. The molecule has 0 saturated carbocycles. The van der Waals surface area contributed by atoms with E-state index in [1.165, 1.54) is 0 Å². The van der Waals surface area contributed by atoms with Gasteiger partial charge in [-0.1, -0.05) is 36.4 Å². The third-order valence-electron chi connectivity index (χ3n) is 3.44. The lowest BCUT2D eigenvalue weighted by molar-refractivity contribution is 0.0775. The molecule has 2 aromatic carbocycles. The number of rotatable bonds is 6. The number of hydrogen-bond acceptors (Lipinski definition) is 4. The van der Waals surface area contributed by atoms with Crippen molar-refractivity contribution in [1.82, 2.24) is 0 Å². The lowest BCUT2D eigenvalue weighted by atomic mass is 9.97. The van der Waals surface area contributed by atoms with E-state index in [4.69, 9.17) is 9.47 Å². The molecule has 0 heterocycles. The first-order valence-electron chi connectivity index (χ1n) is 6.79. The normalized spacial score (nSPS) is 13.5. The van der Waals surface area contributed by atoms with Crippen molar-refractivity contribution < 1.29 is 19.7 Å². The molecule has 0 aromatic heterocycles. The smallest absolute Gasteiger partial charge is 0.124 e. The number of hydrogen-bond donors (Lipinski definition) is 2. The van der Waals surface area contributed by atoms with E-state index in [2.05, 4.69) is 0 Å². The number of ether oxygens (including phenoxy) is 2. The molecule has 0 amide bonds. The van der Waals surface area contributed by atoms with Gasteiger partial charge in [0.15, 0.2) is 0 Å². The average Bonchev–Trinajstić information content (AvgIpc) is 2.54. The Morgan fingerprint density at radius 2 is 1.14 bits per heavy atom. The van der Waals surface area contributed by atoms with Crippen LogP contribution >= 0.6 is 0 Å². The Hall–Kier alpha value is -2.04. The zero-order chi connectivity index (χ0) is 15.2. The first-order chi connectivity index (χ1) is 10.2. The highest BCUT2D eigenvalue weighted by Crippen LogP contribution is 2.34. The predicted octanol–water partition coefficient (Wildman–Crippen LogP) is 2.86. The van der Waals surface area contributed by atoms with E-state index < -0.39 is 12.2 Å². The molecular weight excluding hydrogens is 268 g/mol. The van der Waals surface area contributed by atoms with Gasteiger partial charge in [0, 0.05) is 17.5 Å². The van der Waals surface area contributed by atoms with Crippen molar-refractivity contribution in [3.8, 4) is 11.5 Å². The lowest BCUT2D eigenvalue weighted by Crippen LogP contribution is -2.08. The second kappa shape index (κ2) is 7.11. The van der Waals surface area contributed by atoms with E-state index in [1.807, 2.05) is 24.3 Å². The summed E-state index contributed by atoms with van der Waals surface area (Å²) in [5.41, 5.74) is 1.32. The van der Waals surface area contributed by atoms with Gasteiger partial charge in [0.1, 0.15) is 11.5 Å². The van der Waals surface area contributed by atoms with Crippen molar-refractivity contribution in [2.45, 2.75) is 18.6 Å². The summed E-state index contributed by atoms with van der Waals surface area (Å²) in [5.74, 6) is 1.22. The molecule has 4 nitrogen and oxygen atoms in total. The number of methoxy groups -OCH3 is 2. The molecule has 0 aliphatic heterocycles. The first-order valence-corrected chi connectivity index (χ1v) is 6.79. The monoisotopic (exact) mass is 288 g/mol. The molecule has 0 spiro atoms. The number of benzene rings is 2. The van der Waals surface area contributed by atoms with Gasteiger partial charge >= 0.3 is 0 Å². The van der Waals surface area contributed by atoms with Crippen LogP contribution < -0.4 is 9.47 Å². The fraction of sp³-hybridized carbons (Fsp3) is 0.294. The highest BCUT2D eigenvalue weighted by atomic mass is 16.5. The van der Waals surface area contributed by atoms with E-state index in [0.717, 1.165) is 0 Å². The Kier molecular flexibility index (Phi) is 5.20. The Morgan fingerprint density at radius 3 is 1.52 bits per heavy atom. The van der Waals surface area contributed by atoms with Gasteiger partial charge in [-0.25, -0.2) is 0 Å². The van der Waals surface area contributed by atoms with Crippen molar-refractivity contribution in [3.05, 3.63) is 59.7 Å². The standard InChI is InChI=1S/C17H20O4/c1-20-16-9-5-3-7-12(16)14(18)11-15(19)13-8-4-6-10-17(13)21-2/h3-10,14-15,18-19H,11H2,1-2H3/t14-,15-/m0/s1. The molecule has 21 heavy (non-hydrogen) atoms. The second-order valence-corrected chi connectivity index (χ2v) is 4.75. The molecule has 2 aromatic rings. The zero-order valence-electron chi connectivity index (χ0n) is 12.2. The molecular formula is C17H20O4. The Morgan fingerprint density at radius 1 is 0.762 bits per heavy atom. The predicted molar refractivity (Wildman–Crippen MR) is 80.5 cm³/mol. The van der Waals surface area contributed by atoms with Crippen molar-refractivity contribution in [2.75, 3.05) is 14.2 Å². The second-order valence-electron chi connectivity index (χ2n) is 4.75. The van der Waals surface area contributed by atoms with Crippen LogP contribution in [-0.4, -0.2) is 24.4 Å². The van der Waals surface area contributed by atoms with Crippen LogP contribution in [0.2, 0.25) is 0 Å². The molecule has 0 bridgehead atoms. The maximum Gasteiger partial charge on any atom is 0.124 e. The number of aliphatic hydroxyl groups excluding tert-OH is 2. The van der Waals surface area contributed by atoms with Crippen molar-refractivity contribution in [1.29, 1.82) is 0 Å². The summed E-state index contributed by atoms with van der Waals surface area (Å²) in [4.78, 5) is 0. The van der Waals surface area contributed by atoms with E-state index in [1.54, 1.807) is 38.5 Å². The van der Waals surface area contributed by atoms with E-state index in [9.17, 15) is 10.2 Å². The highest BCUT2D eigenvalue weighted by Gasteiger charge is 2.20. The van der Waals surface area contributed by atoms with Gasteiger partial charge in [-0.2, -0.15) is 0 Å². The molecule has 0 saturated heterocycles. The van der Waals surface area contributed by atoms with E-state index in [-0.39, 0.29) is 6.42 Å². The first kappa shape index (κ1) is 15.4. The van der Waals surface area contributed by atoms with E-state index in [0.29, 0.717) is 22.6 Å². The number of aliphatic hydroxyl groups is 2. The molecule has 0 aliphatic rings. The average molecular weight is 288 g/mol. The summed E-state index contributed by atoms with van der Waals surface area (Å²) in [6, 6.07) is 14.5. The third-order valence-corrected chi connectivity index (χ3v) is 3.44. The Balaban J connectivity index is 2.17. The SMILES string of the molecule is COc1ccccc1[C@@H](O)C[C@H](O)c1ccccc1OC. The molecule has 112 valence electrons. The largest absolute Gasteiger partial charge is 0.496 e. The van der Waals surface area contributed by atoms with Gasteiger partial charge in [0.25, 0.3) is 0 Å². The minimum atomic E-state index is -0.818. The van der Waals surface area contributed by atoms with Crippen LogP contribution in [0.25, 0.3) is 0 Å². The summed E-state index contributed by atoms with van der Waals surface area (Å²) in [6.07, 6.45) is -1.47. The summed E-state index contributed by atoms with van der Waals surface area (Å²) in [6.45, 7) is 0. The van der Waals surface area contributed by atoms with Gasteiger partial charge in [0.05, 0.1) is 26.4 Å². The van der Waals surface area contributed by atoms with Crippen molar-refractivity contribution in [3.63, 3.8) is 0 Å². The molecule has 0 radical (unpaired) electrons. The van der Waals surface area contributed by atoms with Crippen LogP contribution in [0, 0.1) is 0 Å². The van der Waals surface area contributed by atoms with Gasteiger partial charge in [-0.15, -0.1) is 0 Å². The summed E-state index contributed by atoms with van der Waals surface area (Å²) in [5, 5.41) is 20.7. The Bertz CT molecular complexity index is 531. The zero-order valence-corrected chi connectivity index (χ0v) is 12.2. The van der Waals surface area contributed by atoms with Gasteiger partial charge in [0.2, 0.25) is 0 Å². The molecule has 2 rings (SSSR count). The fourth-order valence-corrected chi connectivity index (χ4v) is 2.35. The topological polar surface area (TPSA) is 58.9 Å². The molecule has 2 atom stereocenters. The minimum absolute atomic E-state index is 0.167. The van der Waals surface area contributed by atoms with Crippen LogP contribution in [0.4, 0.5) is 0 Å². The maximum atomic E-state index is 10.3. The van der Waals surface area contributed by atoms with E-state index >= 15 is 0 Å². The van der Waals surface area contributed by atoms with Crippen molar-refractivity contribution >= 4 is 0 Å². The summed E-state index contributed by atoms with van der Waals surface area (Å²) < 4.78 is 10.5. The molecule has 0 fully saturated rings. The number of para-hydroxylation sites is 2. The fourth-order valence-electron chi connectivity index (χ4n) is 2.35. The van der Waals surface area contributed by atoms with Gasteiger partial charge in [-0.05, 0) is 12.1 Å². The quantitative estimate of drug-likeness (QED) is 0.858. The third kappa shape index (κ3) is 3.54. The maximum absolute atomic E-state index is 10.3. The van der Waals surface area contributed by atoms with Crippen molar-refractivity contribution in [2.24, 2.45) is 0 Å². The lowest BCUT2D eigenvalue weighted by Gasteiger charge is -2.19. The minimum Gasteiger partial charge on any atom is -0.496 e. The van der Waals surface area contributed by atoms with Crippen LogP contribution in [0.5, 0.6) is 11.5 Å². The van der Waals surface area contributed by atoms with Crippen LogP contribution in [0.1, 0.15) is 29.8 Å². The van der Waals surface area contributed by atoms with Crippen LogP contribution in [-0.2, 0) is 0 Å². The molecule has 0 unspecified atom stereocenters. The van der Waals surface area contributed by atoms with Gasteiger partial charge in [-0.3, -0.25) is 0 Å². The highest BCUT2D eigenvalue weighted by molar-refractivity contribution is 5.37.